The maximum absolute atomic E-state index is 13.7. The van der Waals surface area contributed by atoms with Crippen LogP contribution in [-0.2, 0) is 6.42 Å². The van der Waals surface area contributed by atoms with Crippen LogP contribution in [-0.4, -0.2) is 10.9 Å². The minimum absolute atomic E-state index is 0.236. The number of hydrogen-bond acceptors (Lipinski definition) is 3. The molecule has 1 amide bonds. The van der Waals surface area contributed by atoms with E-state index in [0.29, 0.717) is 20.0 Å². The number of halogens is 4. The van der Waals surface area contributed by atoms with Gasteiger partial charge in [0.2, 0.25) is 0 Å². The molecule has 128 valence electrons. The van der Waals surface area contributed by atoms with E-state index in [4.69, 9.17) is 0 Å². The van der Waals surface area contributed by atoms with E-state index in [0.717, 1.165) is 6.07 Å². The van der Waals surface area contributed by atoms with Gasteiger partial charge < -0.3 is 0 Å². The first-order valence-corrected chi connectivity index (χ1v) is 8.68. The summed E-state index contributed by atoms with van der Waals surface area (Å²) in [6.07, 6.45) is 1.75. The summed E-state index contributed by atoms with van der Waals surface area (Å²) in [4.78, 5) is 17.0. The quantitative estimate of drug-likeness (QED) is 0.625. The molecule has 0 saturated heterocycles. The van der Waals surface area contributed by atoms with E-state index in [1.54, 1.807) is 0 Å². The second-order valence-electron chi connectivity index (χ2n) is 5.12. The number of thiazole rings is 1. The number of amides is 1. The van der Waals surface area contributed by atoms with Gasteiger partial charge in [-0.2, -0.15) is 0 Å². The zero-order valence-electron chi connectivity index (χ0n) is 12.5. The minimum atomic E-state index is -0.636. The Hall–Kier alpha value is -2.19. The molecule has 0 unspecified atom stereocenters. The van der Waals surface area contributed by atoms with E-state index in [9.17, 15) is 18.0 Å². The standard InChI is InChI=1S/C17H10BrF3N2OS/c18-14-6-10(19)3-4-13(14)16(24)23-17-22-8-12(25-17)5-9-1-2-11(20)7-15(9)21/h1-4,6-8H,5H2,(H,22,23,24). The van der Waals surface area contributed by atoms with E-state index in [-0.39, 0.29) is 12.0 Å². The first kappa shape index (κ1) is 17.6. The molecular formula is C17H10BrF3N2OS. The Labute approximate surface area is 153 Å². The Bertz CT molecular complexity index is 945. The summed E-state index contributed by atoms with van der Waals surface area (Å²) in [6.45, 7) is 0. The van der Waals surface area contributed by atoms with Crippen LogP contribution in [0.1, 0.15) is 20.8 Å². The molecule has 0 fully saturated rings. The van der Waals surface area contributed by atoms with Crippen molar-refractivity contribution < 1.29 is 18.0 Å². The van der Waals surface area contributed by atoms with Crippen LogP contribution in [0.15, 0.2) is 47.1 Å². The molecule has 1 aromatic heterocycles. The SMILES string of the molecule is O=C(Nc1ncc(Cc2ccc(F)cc2F)s1)c1ccc(F)cc1Br. The molecule has 1 heterocycles. The molecule has 3 nitrogen and oxygen atoms in total. The number of nitrogens with zero attached hydrogens (tertiary/aromatic N) is 1. The van der Waals surface area contributed by atoms with E-state index in [1.165, 1.54) is 47.9 Å². The molecule has 1 N–H and O–H groups in total. The first-order valence-electron chi connectivity index (χ1n) is 7.07. The van der Waals surface area contributed by atoms with Gasteiger partial charge in [0, 0.05) is 28.0 Å². The highest BCUT2D eigenvalue weighted by Crippen LogP contribution is 2.24. The number of carbonyl (C=O) groups is 1. The molecule has 0 aliphatic carbocycles. The van der Waals surface area contributed by atoms with Gasteiger partial charge in [-0.1, -0.05) is 6.07 Å². The fourth-order valence-corrected chi connectivity index (χ4v) is 3.50. The lowest BCUT2D eigenvalue weighted by Crippen LogP contribution is -2.12. The lowest BCUT2D eigenvalue weighted by molar-refractivity contribution is 0.102. The number of rotatable bonds is 4. The summed E-state index contributed by atoms with van der Waals surface area (Å²) in [5.74, 6) is -2.17. The molecule has 3 rings (SSSR count). The number of nitrogens with one attached hydrogen (secondary N) is 1. The Morgan fingerprint density at radius 3 is 2.56 bits per heavy atom. The molecule has 25 heavy (non-hydrogen) atoms. The number of aromatic nitrogens is 1. The predicted octanol–water partition coefficient (Wildman–Crippen LogP) is 5.17. The van der Waals surface area contributed by atoms with E-state index in [1.807, 2.05) is 0 Å². The number of carbonyl (C=O) groups excluding carboxylic acids is 1. The van der Waals surface area contributed by atoms with Crippen LogP contribution < -0.4 is 5.32 Å². The lowest BCUT2D eigenvalue weighted by atomic mass is 10.1. The van der Waals surface area contributed by atoms with Gasteiger partial charge in [-0.15, -0.1) is 11.3 Å². The van der Waals surface area contributed by atoms with Crippen LogP contribution in [0.5, 0.6) is 0 Å². The van der Waals surface area contributed by atoms with Gasteiger partial charge in [-0.05, 0) is 45.8 Å². The largest absolute Gasteiger partial charge is 0.298 e. The highest BCUT2D eigenvalue weighted by Gasteiger charge is 2.14. The molecule has 0 spiro atoms. The summed E-state index contributed by atoms with van der Waals surface area (Å²) < 4.78 is 40.0. The minimum Gasteiger partial charge on any atom is -0.298 e. The molecular weight excluding hydrogens is 417 g/mol. The fraction of sp³-hybridized carbons (Fsp3) is 0.0588. The molecule has 0 saturated carbocycles. The summed E-state index contributed by atoms with van der Waals surface area (Å²) in [6, 6.07) is 7.12. The van der Waals surface area contributed by atoms with Crippen LogP contribution in [0.4, 0.5) is 18.3 Å². The van der Waals surface area contributed by atoms with Crippen molar-refractivity contribution in [2.24, 2.45) is 0 Å². The number of benzene rings is 2. The van der Waals surface area contributed by atoms with Crippen LogP contribution in [0.3, 0.4) is 0 Å². The van der Waals surface area contributed by atoms with Crippen LogP contribution in [0.2, 0.25) is 0 Å². The van der Waals surface area contributed by atoms with Crippen LogP contribution >= 0.6 is 27.3 Å². The van der Waals surface area contributed by atoms with E-state index in [2.05, 4.69) is 26.2 Å². The van der Waals surface area contributed by atoms with E-state index < -0.39 is 23.4 Å². The van der Waals surface area contributed by atoms with Gasteiger partial charge in [0.05, 0.1) is 5.56 Å². The molecule has 8 heteroatoms. The van der Waals surface area contributed by atoms with Crippen molar-refractivity contribution in [3.05, 3.63) is 80.5 Å². The predicted molar refractivity (Wildman–Crippen MR) is 93.3 cm³/mol. The molecule has 3 aromatic rings. The Morgan fingerprint density at radius 1 is 1.12 bits per heavy atom. The zero-order valence-corrected chi connectivity index (χ0v) is 14.9. The summed E-state index contributed by atoms with van der Waals surface area (Å²) in [7, 11) is 0. The van der Waals surface area contributed by atoms with Crippen molar-refractivity contribution in [1.29, 1.82) is 0 Å². The van der Waals surface area contributed by atoms with Gasteiger partial charge in [0.1, 0.15) is 17.5 Å². The van der Waals surface area contributed by atoms with Crippen molar-refractivity contribution in [2.75, 3.05) is 5.32 Å². The number of hydrogen-bond donors (Lipinski definition) is 1. The van der Waals surface area contributed by atoms with Crippen molar-refractivity contribution in [2.45, 2.75) is 6.42 Å². The van der Waals surface area contributed by atoms with Gasteiger partial charge in [0.25, 0.3) is 5.91 Å². The highest BCUT2D eigenvalue weighted by atomic mass is 79.9. The monoisotopic (exact) mass is 426 g/mol. The number of anilines is 1. The summed E-state index contributed by atoms with van der Waals surface area (Å²) in [5, 5.41) is 2.94. The van der Waals surface area contributed by atoms with Gasteiger partial charge in [-0.25, -0.2) is 18.2 Å². The average Bonchev–Trinajstić information content (AvgIpc) is 2.97. The smallest absolute Gasteiger partial charge is 0.258 e. The van der Waals surface area contributed by atoms with Gasteiger partial charge in [0.15, 0.2) is 5.13 Å². The average molecular weight is 427 g/mol. The second kappa shape index (κ2) is 7.37. The maximum atomic E-state index is 13.7. The summed E-state index contributed by atoms with van der Waals surface area (Å²) >= 11 is 4.31. The third-order valence-corrected chi connectivity index (χ3v) is 4.90. The Balaban J connectivity index is 1.72. The van der Waals surface area contributed by atoms with Crippen molar-refractivity contribution in [1.82, 2.24) is 4.98 Å². The van der Waals surface area contributed by atoms with Gasteiger partial charge >= 0.3 is 0 Å². The van der Waals surface area contributed by atoms with Gasteiger partial charge in [-0.3, -0.25) is 10.1 Å². The molecule has 0 aliphatic rings. The van der Waals surface area contributed by atoms with Crippen molar-refractivity contribution in [3.63, 3.8) is 0 Å². The molecule has 0 atom stereocenters. The second-order valence-corrected chi connectivity index (χ2v) is 7.09. The first-order chi connectivity index (χ1) is 11.9. The topological polar surface area (TPSA) is 42.0 Å². The van der Waals surface area contributed by atoms with Crippen LogP contribution in [0.25, 0.3) is 0 Å². The lowest BCUT2D eigenvalue weighted by Gasteiger charge is -2.04. The third kappa shape index (κ3) is 4.26. The normalized spacial score (nSPS) is 10.7. The zero-order chi connectivity index (χ0) is 18.0. The fourth-order valence-electron chi connectivity index (χ4n) is 2.14. The third-order valence-electron chi connectivity index (χ3n) is 3.33. The molecule has 0 radical (unpaired) electrons. The molecule has 0 aliphatic heterocycles. The Kier molecular flexibility index (Phi) is 5.19. The van der Waals surface area contributed by atoms with Crippen LogP contribution in [0, 0.1) is 17.5 Å². The molecule has 2 aromatic carbocycles. The van der Waals surface area contributed by atoms with Crippen molar-refractivity contribution in [3.8, 4) is 0 Å². The van der Waals surface area contributed by atoms with Crippen molar-refractivity contribution >= 4 is 38.3 Å². The van der Waals surface area contributed by atoms with E-state index >= 15 is 0 Å². The molecule has 0 bridgehead atoms. The maximum Gasteiger partial charge on any atom is 0.258 e. The Morgan fingerprint density at radius 2 is 1.84 bits per heavy atom. The highest BCUT2D eigenvalue weighted by molar-refractivity contribution is 9.10. The summed E-state index contributed by atoms with van der Waals surface area (Å²) in [5.41, 5.74) is 0.604.